The molecule has 0 unspecified atom stereocenters. The first-order chi connectivity index (χ1) is 8.66. The molecule has 2 aliphatic rings. The summed E-state index contributed by atoms with van der Waals surface area (Å²) in [6.07, 6.45) is 5.67. The number of nitrogens with one attached hydrogen (secondary N) is 1. The zero-order chi connectivity index (χ0) is 13.0. The van der Waals surface area contributed by atoms with E-state index in [0.717, 1.165) is 38.3 Å². The Hall–Kier alpha value is -0.610. The van der Waals surface area contributed by atoms with E-state index in [4.69, 9.17) is 5.73 Å². The molecule has 1 saturated carbocycles. The largest absolute Gasteiger partial charge is 0.354 e. The Morgan fingerprint density at radius 1 is 1.39 bits per heavy atom. The molecule has 3 N–H and O–H groups in total. The lowest BCUT2D eigenvalue weighted by Crippen LogP contribution is -2.51. The molecule has 1 aliphatic carbocycles. The third-order valence-corrected chi connectivity index (χ3v) is 4.77. The monoisotopic (exact) mass is 253 g/mol. The molecule has 0 bridgehead atoms. The maximum Gasteiger partial charge on any atom is 0.227 e. The molecule has 1 saturated heterocycles. The van der Waals surface area contributed by atoms with Gasteiger partial charge >= 0.3 is 0 Å². The van der Waals surface area contributed by atoms with Crippen LogP contribution in [0.5, 0.6) is 0 Å². The van der Waals surface area contributed by atoms with Crippen molar-refractivity contribution in [1.29, 1.82) is 0 Å². The van der Waals surface area contributed by atoms with E-state index in [2.05, 4.69) is 17.1 Å². The van der Waals surface area contributed by atoms with Crippen LogP contribution in [-0.2, 0) is 4.79 Å². The van der Waals surface area contributed by atoms with E-state index < -0.39 is 0 Å². The van der Waals surface area contributed by atoms with Crippen molar-refractivity contribution in [2.45, 2.75) is 39.0 Å². The van der Waals surface area contributed by atoms with E-state index in [1.807, 2.05) is 0 Å². The molecule has 4 nitrogen and oxygen atoms in total. The van der Waals surface area contributed by atoms with Crippen molar-refractivity contribution in [1.82, 2.24) is 10.2 Å². The van der Waals surface area contributed by atoms with Gasteiger partial charge in [-0.2, -0.15) is 0 Å². The number of carbonyl (C=O) groups is 1. The number of hydrogen-bond donors (Lipinski definition) is 2. The molecule has 0 aromatic rings. The minimum absolute atomic E-state index is 0.182. The lowest BCUT2D eigenvalue weighted by molar-refractivity contribution is -0.135. The van der Waals surface area contributed by atoms with E-state index in [1.54, 1.807) is 0 Å². The topological polar surface area (TPSA) is 58.4 Å². The van der Waals surface area contributed by atoms with Crippen LogP contribution in [0.3, 0.4) is 0 Å². The Morgan fingerprint density at radius 3 is 2.56 bits per heavy atom. The molecule has 18 heavy (non-hydrogen) atoms. The lowest BCUT2D eigenvalue weighted by Gasteiger charge is -2.39. The fourth-order valence-electron chi connectivity index (χ4n) is 2.93. The molecular formula is C14H27N3O. The van der Waals surface area contributed by atoms with E-state index >= 15 is 0 Å². The van der Waals surface area contributed by atoms with Crippen molar-refractivity contribution < 1.29 is 4.79 Å². The van der Waals surface area contributed by atoms with Gasteiger partial charge in [0.2, 0.25) is 5.91 Å². The molecule has 104 valence electrons. The van der Waals surface area contributed by atoms with E-state index in [9.17, 15) is 4.79 Å². The number of nitrogens with zero attached hydrogens (tertiary/aromatic N) is 1. The maximum atomic E-state index is 12.1. The fraction of sp³-hybridized carbons (Fsp3) is 0.929. The minimum Gasteiger partial charge on any atom is -0.354 e. The number of likely N-dealkylation sites (tertiary alicyclic amines) is 1. The summed E-state index contributed by atoms with van der Waals surface area (Å²) >= 11 is 0. The van der Waals surface area contributed by atoms with Gasteiger partial charge in [-0.15, -0.1) is 0 Å². The van der Waals surface area contributed by atoms with Crippen molar-refractivity contribution in [2.75, 3.05) is 32.7 Å². The zero-order valence-electron chi connectivity index (χ0n) is 11.6. The van der Waals surface area contributed by atoms with Crippen LogP contribution in [-0.4, -0.2) is 43.5 Å². The summed E-state index contributed by atoms with van der Waals surface area (Å²) in [5.74, 6) is 1.05. The summed E-state index contributed by atoms with van der Waals surface area (Å²) < 4.78 is 0. The average molecular weight is 253 g/mol. The number of carbonyl (C=O) groups excluding carboxylic acids is 1. The Kier molecular flexibility index (Phi) is 4.62. The molecular weight excluding hydrogens is 226 g/mol. The van der Waals surface area contributed by atoms with Crippen LogP contribution in [0.4, 0.5) is 0 Å². The second kappa shape index (κ2) is 6.02. The quantitative estimate of drug-likeness (QED) is 0.767. The van der Waals surface area contributed by atoms with Crippen LogP contribution in [0.1, 0.15) is 39.0 Å². The SMILES string of the molecule is CC1CCN(CCNC(=O)C2(CN)CCC2)CC1. The maximum absolute atomic E-state index is 12.1. The summed E-state index contributed by atoms with van der Waals surface area (Å²) in [4.78, 5) is 14.5. The minimum atomic E-state index is -0.226. The van der Waals surface area contributed by atoms with Crippen LogP contribution in [0.15, 0.2) is 0 Å². The number of nitrogens with two attached hydrogens (primary N) is 1. The van der Waals surface area contributed by atoms with Crippen LogP contribution >= 0.6 is 0 Å². The Labute approximate surface area is 110 Å². The molecule has 4 heteroatoms. The van der Waals surface area contributed by atoms with Crippen LogP contribution < -0.4 is 11.1 Å². The van der Waals surface area contributed by atoms with Crippen molar-refractivity contribution in [3.8, 4) is 0 Å². The third kappa shape index (κ3) is 3.04. The highest BCUT2D eigenvalue weighted by Gasteiger charge is 2.42. The Morgan fingerprint density at radius 2 is 2.06 bits per heavy atom. The van der Waals surface area contributed by atoms with Gasteiger partial charge in [-0.25, -0.2) is 0 Å². The summed E-state index contributed by atoms with van der Waals surface area (Å²) in [7, 11) is 0. The second-order valence-electron chi connectivity index (χ2n) is 6.12. The van der Waals surface area contributed by atoms with Crippen LogP contribution in [0, 0.1) is 11.3 Å². The highest BCUT2D eigenvalue weighted by atomic mass is 16.2. The van der Waals surface area contributed by atoms with Crippen LogP contribution in [0.2, 0.25) is 0 Å². The first kappa shape index (κ1) is 13.8. The summed E-state index contributed by atoms with van der Waals surface area (Å²) in [6, 6.07) is 0. The van der Waals surface area contributed by atoms with E-state index in [-0.39, 0.29) is 11.3 Å². The molecule has 2 fully saturated rings. The molecule has 1 amide bonds. The highest BCUT2D eigenvalue weighted by Crippen LogP contribution is 2.39. The van der Waals surface area contributed by atoms with Gasteiger partial charge in [-0.3, -0.25) is 4.79 Å². The van der Waals surface area contributed by atoms with Crippen molar-refractivity contribution in [3.63, 3.8) is 0 Å². The lowest BCUT2D eigenvalue weighted by atomic mass is 9.68. The number of piperidine rings is 1. The van der Waals surface area contributed by atoms with Gasteiger partial charge in [0, 0.05) is 19.6 Å². The van der Waals surface area contributed by atoms with Crippen molar-refractivity contribution in [3.05, 3.63) is 0 Å². The molecule has 0 spiro atoms. The Bertz CT molecular complexity index is 275. The van der Waals surface area contributed by atoms with Crippen molar-refractivity contribution in [2.24, 2.45) is 17.1 Å². The van der Waals surface area contributed by atoms with Gasteiger partial charge in [-0.1, -0.05) is 13.3 Å². The third-order valence-electron chi connectivity index (χ3n) is 4.77. The van der Waals surface area contributed by atoms with Gasteiger partial charge in [0.1, 0.15) is 0 Å². The molecule has 0 atom stereocenters. The summed E-state index contributed by atoms with van der Waals surface area (Å²) in [6.45, 7) is 6.94. The van der Waals surface area contributed by atoms with E-state index in [1.165, 1.54) is 25.9 Å². The fourth-order valence-corrected chi connectivity index (χ4v) is 2.93. The summed E-state index contributed by atoms with van der Waals surface area (Å²) in [5.41, 5.74) is 5.50. The highest BCUT2D eigenvalue weighted by molar-refractivity contribution is 5.83. The van der Waals surface area contributed by atoms with Gasteiger partial charge in [0.25, 0.3) is 0 Å². The smallest absolute Gasteiger partial charge is 0.227 e. The standard InChI is InChI=1S/C14H27N3O/c1-12-3-8-17(9-4-12)10-7-16-13(18)14(11-15)5-2-6-14/h12H,2-11,15H2,1H3,(H,16,18). The van der Waals surface area contributed by atoms with Gasteiger partial charge in [0.15, 0.2) is 0 Å². The van der Waals surface area contributed by atoms with Gasteiger partial charge in [0.05, 0.1) is 5.41 Å². The van der Waals surface area contributed by atoms with Gasteiger partial charge < -0.3 is 16.0 Å². The van der Waals surface area contributed by atoms with Gasteiger partial charge in [-0.05, 0) is 44.7 Å². The second-order valence-corrected chi connectivity index (χ2v) is 6.12. The molecule has 2 rings (SSSR count). The predicted octanol–water partition coefficient (Wildman–Crippen LogP) is 0.964. The first-order valence-electron chi connectivity index (χ1n) is 7.37. The van der Waals surface area contributed by atoms with E-state index in [0.29, 0.717) is 6.54 Å². The summed E-state index contributed by atoms with van der Waals surface area (Å²) in [5, 5.41) is 3.07. The Balaban J connectivity index is 1.64. The molecule has 1 aliphatic heterocycles. The van der Waals surface area contributed by atoms with Crippen LogP contribution in [0.25, 0.3) is 0 Å². The average Bonchev–Trinajstić information content (AvgIpc) is 2.31. The number of amides is 1. The first-order valence-corrected chi connectivity index (χ1v) is 7.37. The molecule has 0 aromatic carbocycles. The number of hydrogen-bond acceptors (Lipinski definition) is 3. The molecule has 1 heterocycles. The molecule has 0 aromatic heterocycles. The normalized spacial score (nSPS) is 24.6. The molecule has 0 radical (unpaired) electrons. The van der Waals surface area contributed by atoms with Crippen molar-refractivity contribution >= 4 is 5.91 Å². The number of rotatable bonds is 5. The predicted molar refractivity (Wildman–Crippen MR) is 73.2 cm³/mol. The zero-order valence-corrected chi connectivity index (χ0v) is 11.6.